The van der Waals surface area contributed by atoms with E-state index < -0.39 is 6.29 Å². The fourth-order valence-corrected chi connectivity index (χ4v) is 4.08. The van der Waals surface area contributed by atoms with Crippen molar-refractivity contribution in [2.24, 2.45) is 23.2 Å². The summed E-state index contributed by atoms with van der Waals surface area (Å²) in [7, 11) is 0. The standard InChI is InChI=1S/C17H29NO2/c1-16(2,3)6-5-15(19)20-17(4)9-12-7-13(10-17)14(8-12)11-18/h12-15,19H,5-10H2,1-4H3. The van der Waals surface area contributed by atoms with Crippen LogP contribution in [-0.2, 0) is 4.74 Å². The van der Waals surface area contributed by atoms with E-state index in [-0.39, 0.29) is 16.9 Å². The van der Waals surface area contributed by atoms with E-state index in [9.17, 15) is 10.4 Å². The first-order chi connectivity index (χ1) is 9.21. The molecule has 20 heavy (non-hydrogen) atoms. The van der Waals surface area contributed by atoms with Crippen molar-refractivity contribution in [3.63, 3.8) is 0 Å². The van der Waals surface area contributed by atoms with Crippen LogP contribution in [0.1, 0.15) is 66.2 Å². The van der Waals surface area contributed by atoms with Gasteiger partial charge in [-0.15, -0.1) is 0 Å². The summed E-state index contributed by atoms with van der Waals surface area (Å²) in [6, 6.07) is 2.45. The first kappa shape index (κ1) is 15.8. The van der Waals surface area contributed by atoms with Gasteiger partial charge in [0.05, 0.1) is 11.7 Å². The Morgan fingerprint density at radius 3 is 2.65 bits per heavy atom. The third-order valence-electron chi connectivity index (χ3n) is 4.93. The first-order valence-corrected chi connectivity index (χ1v) is 7.96. The molecule has 0 heterocycles. The molecule has 2 saturated carbocycles. The topological polar surface area (TPSA) is 53.2 Å². The maximum Gasteiger partial charge on any atom is 0.155 e. The van der Waals surface area contributed by atoms with Crippen molar-refractivity contribution in [3.05, 3.63) is 0 Å². The van der Waals surface area contributed by atoms with E-state index in [4.69, 9.17) is 4.74 Å². The van der Waals surface area contributed by atoms with E-state index in [2.05, 4.69) is 33.8 Å². The molecule has 0 aromatic carbocycles. The molecule has 0 aliphatic heterocycles. The van der Waals surface area contributed by atoms with Gasteiger partial charge in [0.1, 0.15) is 0 Å². The van der Waals surface area contributed by atoms with Crippen molar-refractivity contribution in [1.82, 2.24) is 0 Å². The lowest BCUT2D eigenvalue weighted by molar-refractivity contribution is -0.201. The predicted octanol–water partition coefficient (Wildman–Crippen LogP) is 3.87. The van der Waals surface area contributed by atoms with E-state index in [1.807, 2.05) is 0 Å². The number of hydrogen-bond acceptors (Lipinski definition) is 3. The Balaban J connectivity index is 1.88. The third-order valence-corrected chi connectivity index (χ3v) is 4.93. The fraction of sp³-hybridized carbons (Fsp3) is 0.941. The van der Waals surface area contributed by atoms with Crippen LogP contribution in [0.3, 0.4) is 0 Å². The normalized spacial score (nSPS) is 38.5. The number of rotatable bonds is 4. The van der Waals surface area contributed by atoms with Gasteiger partial charge in [0.2, 0.25) is 0 Å². The monoisotopic (exact) mass is 279 g/mol. The van der Waals surface area contributed by atoms with Gasteiger partial charge in [-0.05, 0) is 62.7 Å². The lowest BCUT2D eigenvalue weighted by Crippen LogP contribution is -2.40. The van der Waals surface area contributed by atoms with Crippen molar-refractivity contribution in [3.8, 4) is 6.07 Å². The quantitative estimate of drug-likeness (QED) is 0.795. The molecule has 0 aromatic heterocycles. The van der Waals surface area contributed by atoms with Gasteiger partial charge in [-0.3, -0.25) is 0 Å². The van der Waals surface area contributed by atoms with Crippen LogP contribution in [0.4, 0.5) is 0 Å². The lowest BCUT2D eigenvalue weighted by Gasteiger charge is -2.39. The van der Waals surface area contributed by atoms with Crippen LogP contribution >= 0.6 is 0 Å². The van der Waals surface area contributed by atoms with Gasteiger partial charge in [0.15, 0.2) is 6.29 Å². The van der Waals surface area contributed by atoms with Crippen LogP contribution in [0.25, 0.3) is 0 Å². The summed E-state index contributed by atoms with van der Waals surface area (Å²) in [5.74, 6) is 1.29. The Hall–Kier alpha value is -0.590. The van der Waals surface area contributed by atoms with Crippen LogP contribution < -0.4 is 0 Å². The second-order valence-corrected chi connectivity index (χ2v) is 8.36. The summed E-state index contributed by atoms with van der Waals surface area (Å²) < 4.78 is 5.99. The van der Waals surface area contributed by atoms with Gasteiger partial charge in [-0.2, -0.15) is 5.26 Å². The Bertz CT molecular complexity index is 381. The maximum atomic E-state index is 10.2. The number of ether oxygens (including phenoxy) is 1. The van der Waals surface area contributed by atoms with E-state index in [1.54, 1.807) is 0 Å². The molecule has 0 aromatic rings. The number of aliphatic hydroxyl groups is 1. The van der Waals surface area contributed by atoms with Crippen LogP contribution in [0.15, 0.2) is 0 Å². The van der Waals surface area contributed by atoms with Crippen molar-refractivity contribution < 1.29 is 9.84 Å². The summed E-state index contributed by atoms with van der Waals surface area (Å²) in [4.78, 5) is 0. The molecule has 2 aliphatic rings. The average Bonchev–Trinajstić information content (AvgIpc) is 2.60. The average molecular weight is 279 g/mol. The van der Waals surface area contributed by atoms with Gasteiger partial charge >= 0.3 is 0 Å². The molecule has 3 heteroatoms. The summed E-state index contributed by atoms with van der Waals surface area (Å²) in [6.07, 6.45) is 5.10. The molecule has 2 aliphatic carbocycles. The maximum absolute atomic E-state index is 10.2. The van der Waals surface area contributed by atoms with E-state index in [0.717, 1.165) is 25.7 Å². The molecule has 2 fully saturated rings. The van der Waals surface area contributed by atoms with Gasteiger partial charge in [0, 0.05) is 5.92 Å². The van der Waals surface area contributed by atoms with Gasteiger partial charge < -0.3 is 9.84 Å². The Labute approximate surface area is 123 Å². The SMILES string of the molecule is CC(C)(C)CCC(O)OC1(C)CC2CC(C#N)C(C2)C1. The third kappa shape index (κ3) is 3.96. The molecular formula is C17H29NO2. The van der Waals surface area contributed by atoms with Crippen LogP contribution in [0.5, 0.6) is 0 Å². The highest BCUT2D eigenvalue weighted by molar-refractivity contribution is 5.03. The lowest BCUT2D eigenvalue weighted by atomic mass is 9.77. The number of aliphatic hydroxyl groups excluding tert-OH is 1. The zero-order valence-electron chi connectivity index (χ0n) is 13.4. The minimum atomic E-state index is -0.669. The number of hydrogen-bond donors (Lipinski definition) is 1. The summed E-state index contributed by atoms with van der Waals surface area (Å²) in [5.41, 5.74) is -0.0147. The van der Waals surface area contributed by atoms with Gasteiger partial charge in [-0.25, -0.2) is 0 Å². The summed E-state index contributed by atoms with van der Waals surface area (Å²) in [6.45, 7) is 8.66. The molecule has 3 nitrogen and oxygen atoms in total. The summed E-state index contributed by atoms with van der Waals surface area (Å²) >= 11 is 0. The number of nitrogens with zero attached hydrogens (tertiary/aromatic N) is 1. The molecular weight excluding hydrogens is 250 g/mol. The van der Waals surface area contributed by atoms with Gasteiger partial charge in [0.25, 0.3) is 0 Å². The van der Waals surface area contributed by atoms with Crippen molar-refractivity contribution in [2.75, 3.05) is 0 Å². The fourth-order valence-electron chi connectivity index (χ4n) is 4.08. The van der Waals surface area contributed by atoms with Crippen molar-refractivity contribution in [1.29, 1.82) is 5.26 Å². The molecule has 114 valence electrons. The minimum Gasteiger partial charge on any atom is -0.368 e. The largest absolute Gasteiger partial charge is 0.368 e. The number of nitriles is 1. The zero-order chi connectivity index (χ0) is 15.0. The van der Waals surface area contributed by atoms with Crippen LogP contribution in [0.2, 0.25) is 0 Å². The molecule has 5 atom stereocenters. The highest BCUT2D eigenvalue weighted by atomic mass is 16.6. The molecule has 5 unspecified atom stereocenters. The Morgan fingerprint density at radius 1 is 1.35 bits per heavy atom. The predicted molar refractivity (Wildman–Crippen MR) is 78.7 cm³/mol. The van der Waals surface area contributed by atoms with Crippen LogP contribution in [0, 0.1) is 34.5 Å². The van der Waals surface area contributed by atoms with Crippen molar-refractivity contribution >= 4 is 0 Å². The summed E-state index contributed by atoms with van der Waals surface area (Å²) in [5, 5.41) is 19.4. The first-order valence-electron chi connectivity index (χ1n) is 7.96. The molecule has 0 radical (unpaired) electrons. The van der Waals surface area contributed by atoms with Crippen LogP contribution in [-0.4, -0.2) is 17.0 Å². The second kappa shape index (κ2) is 5.66. The zero-order valence-corrected chi connectivity index (χ0v) is 13.4. The molecule has 0 amide bonds. The van der Waals surface area contributed by atoms with E-state index >= 15 is 0 Å². The van der Waals surface area contributed by atoms with Crippen molar-refractivity contribution in [2.45, 2.75) is 78.1 Å². The molecule has 0 spiro atoms. The number of fused-ring (bicyclic) bond motifs is 2. The molecule has 2 rings (SSSR count). The minimum absolute atomic E-state index is 0.206. The van der Waals surface area contributed by atoms with E-state index in [0.29, 0.717) is 18.3 Å². The molecule has 2 bridgehead atoms. The Morgan fingerprint density at radius 2 is 2.05 bits per heavy atom. The Kier molecular flexibility index (Phi) is 4.47. The van der Waals surface area contributed by atoms with Gasteiger partial charge in [-0.1, -0.05) is 20.8 Å². The highest BCUT2D eigenvalue weighted by Crippen LogP contribution is 2.51. The molecule has 1 N–H and O–H groups in total. The smallest absolute Gasteiger partial charge is 0.155 e. The second-order valence-electron chi connectivity index (χ2n) is 8.36. The molecule has 0 saturated heterocycles. The highest BCUT2D eigenvalue weighted by Gasteiger charge is 2.47. The van der Waals surface area contributed by atoms with E-state index in [1.165, 1.54) is 6.42 Å².